The maximum Gasteiger partial charge on any atom is 0.281 e. The van der Waals surface area contributed by atoms with Gasteiger partial charge in [0.05, 0.1) is 0 Å². The Morgan fingerprint density at radius 2 is 2.00 bits per heavy atom. The van der Waals surface area contributed by atoms with Crippen molar-refractivity contribution in [3.63, 3.8) is 0 Å². The topological polar surface area (TPSA) is 57.7 Å². The maximum absolute atomic E-state index is 12.1. The lowest BCUT2D eigenvalue weighted by molar-refractivity contribution is -0.124. The van der Waals surface area contributed by atoms with Gasteiger partial charge in [-0.05, 0) is 13.8 Å². The first kappa shape index (κ1) is 13.6. The fourth-order valence-corrected chi connectivity index (χ4v) is 3.27. The average molecular weight is 248 g/mol. The van der Waals surface area contributed by atoms with E-state index in [0.717, 1.165) is 0 Å². The first-order valence-electron chi connectivity index (χ1n) is 5.52. The molecule has 0 spiro atoms. The fraction of sp³-hybridized carbons (Fsp3) is 0.900. The molecule has 0 aromatic carbocycles. The number of Topliss-reactive ketones (excluding diaryl/α,β-unsaturated/α-hetero) is 1. The van der Waals surface area contributed by atoms with Crippen molar-refractivity contribution in [1.82, 2.24) is 8.61 Å². The van der Waals surface area contributed by atoms with Crippen molar-refractivity contribution in [2.24, 2.45) is 5.92 Å². The second-order valence-electron chi connectivity index (χ2n) is 4.59. The van der Waals surface area contributed by atoms with Gasteiger partial charge in [0.15, 0.2) is 0 Å². The van der Waals surface area contributed by atoms with Gasteiger partial charge in [-0.3, -0.25) is 4.79 Å². The van der Waals surface area contributed by atoms with Crippen LogP contribution in [0, 0.1) is 5.92 Å². The van der Waals surface area contributed by atoms with E-state index in [0.29, 0.717) is 19.5 Å². The summed E-state index contributed by atoms with van der Waals surface area (Å²) in [6.07, 6.45) is 0.326. The minimum Gasteiger partial charge on any atom is -0.299 e. The number of nitrogens with zero attached hydrogens (tertiary/aromatic N) is 2. The molecule has 0 aromatic heterocycles. The van der Waals surface area contributed by atoms with Crippen LogP contribution in [0.1, 0.15) is 27.2 Å². The largest absolute Gasteiger partial charge is 0.299 e. The highest BCUT2D eigenvalue weighted by molar-refractivity contribution is 7.86. The molecule has 5 nitrogen and oxygen atoms in total. The van der Waals surface area contributed by atoms with Crippen LogP contribution in [0.5, 0.6) is 0 Å². The summed E-state index contributed by atoms with van der Waals surface area (Å²) in [6.45, 7) is 6.05. The Morgan fingerprint density at radius 3 is 2.44 bits per heavy atom. The number of piperidine rings is 1. The normalized spacial score (nSPS) is 24.4. The van der Waals surface area contributed by atoms with Gasteiger partial charge in [0.25, 0.3) is 10.2 Å². The Kier molecular flexibility index (Phi) is 4.09. The third-order valence-corrected chi connectivity index (χ3v) is 5.19. The number of hydrogen-bond acceptors (Lipinski definition) is 3. The predicted octanol–water partition coefficient (Wildman–Crippen LogP) is 0.482. The van der Waals surface area contributed by atoms with Crippen LogP contribution >= 0.6 is 0 Å². The van der Waals surface area contributed by atoms with Gasteiger partial charge in [-0.2, -0.15) is 17.0 Å². The van der Waals surface area contributed by atoms with Crippen molar-refractivity contribution in [3.05, 3.63) is 0 Å². The molecule has 0 amide bonds. The molecule has 0 N–H and O–H groups in total. The third kappa shape index (κ3) is 2.61. The van der Waals surface area contributed by atoms with Gasteiger partial charge in [0, 0.05) is 38.5 Å². The number of hydrogen-bond donors (Lipinski definition) is 0. The Labute approximate surface area is 97.6 Å². The highest BCUT2D eigenvalue weighted by Crippen LogP contribution is 2.18. The van der Waals surface area contributed by atoms with Crippen LogP contribution in [0.25, 0.3) is 0 Å². The van der Waals surface area contributed by atoms with E-state index in [9.17, 15) is 13.2 Å². The number of rotatable bonds is 3. The van der Waals surface area contributed by atoms with Crippen molar-refractivity contribution in [2.75, 3.05) is 20.1 Å². The lowest BCUT2D eigenvalue weighted by Gasteiger charge is -2.33. The third-order valence-electron chi connectivity index (χ3n) is 3.05. The zero-order valence-corrected chi connectivity index (χ0v) is 11.1. The SMILES string of the molecule is CC1CN(S(=O)(=O)N(C)C(C)C)CCC1=O. The van der Waals surface area contributed by atoms with Crippen molar-refractivity contribution in [3.8, 4) is 0 Å². The van der Waals surface area contributed by atoms with Crippen molar-refractivity contribution in [1.29, 1.82) is 0 Å². The highest BCUT2D eigenvalue weighted by Gasteiger charge is 2.34. The van der Waals surface area contributed by atoms with E-state index in [1.54, 1.807) is 14.0 Å². The molecule has 1 unspecified atom stereocenters. The molecule has 1 rings (SSSR count). The van der Waals surface area contributed by atoms with Gasteiger partial charge in [-0.1, -0.05) is 6.92 Å². The minimum absolute atomic E-state index is 0.0714. The molecule has 1 heterocycles. The zero-order chi connectivity index (χ0) is 12.5. The van der Waals surface area contributed by atoms with Gasteiger partial charge in [-0.15, -0.1) is 0 Å². The maximum atomic E-state index is 12.1. The molecule has 1 aliphatic heterocycles. The van der Waals surface area contributed by atoms with E-state index in [1.165, 1.54) is 8.61 Å². The quantitative estimate of drug-likeness (QED) is 0.730. The molecule has 6 heteroatoms. The van der Waals surface area contributed by atoms with Crippen LogP contribution < -0.4 is 0 Å². The summed E-state index contributed by atoms with van der Waals surface area (Å²) in [4.78, 5) is 11.3. The first-order valence-corrected chi connectivity index (χ1v) is 6.92. The standard InChI is InChI=1S/C10H20N2O3S/c1-8(2)11(4)16(14,15)12-6-5-10(13)9(3)7-12/h8-9H,5-7H2,1-4H3. The summed E-state index contributed by atoms with van der Waals surface area (Å²) in [5.74, 6) is -0.0391. The molecule has 1 saturated heterocycles. The van der Waals surface area contributed by atoms with Crippen LogP contribution in [0.15, 0.2) is 0 Å². The lowest BCUT2D eigenvalue weighted by atomic mass is 10.0. The Bertz CT molecular complexity index is 364. The summed E-state index contributed by atoms with van der Waals surface area (Å²) in [7, 11) is -1.83. The molecular weight excluding hydrogens is 228 g/mol. The van der Waals surface area contributed by atoms with E-state index >= 15 is 0 Å². The van der Waals surface area contributed by atoms with Crippen molar-refractivity contribution >= 4 is 16.0 Å². The smallest absolute Gasteiger partial charge is 0.281 e. The summed E-state index contributed by atoms with van der Waals surface area (Å²) >= 11 is 0. The fourth-order valence-electron chi connectivity index (χ4n) is 1.64. The monoisotopic (exact) mass is 248 g/mol. The molecular formula is C10H20N2O3S. The summed E-state index contributed by atoms with van der Waals surface area (Å²) in [5.41, 5.74) is 0. The molecule has 1 fully saturated rings. The number of carbonyl (C=O) groups excluding carboxylic acids is 1. The Hall–Kier alpha value is -0.460. The van der Waals surface area contributed by atoms with Crippen LogP contribution in [0.3, 0.4) is 0 Å². The average Bonchev–Trinajstić information content (AvgIpc) is 2.20. The highest BCUT2D eigenvalue weighted by atomic mass is 32.2. The van der Waals surface area contributed by atoms with E-state index < -0.39 is 10.2 Å². The van der Waals surface area contributed by atoms with Crippen LogP contribution in [0.2, 0.25) is 0 Å². The molecule has 94 valence electrons. The van der Waals surface area contributed by atoms with Gasteiger partial charge >= 0.3 is 0 Å². The van der Waals surface area contributed by atoms with E-state index in [1.807, 2.05) is 13.8 Å². The zero-order valence-electron chi connectivity index (χ0n) is 10.3. The molecule has 0 saturated carbocycles. The molecule has 0 bridgehead atoms. The molecule has 0 aliphatic carbocycles. The molecule has 0 aromatic rings. The predicted molar refractivity (Wildman–Crippen MR) is 62.2 cm³/mol. The van der Waals surface area contributed by atoms with Crippen LogP contribution in [-0.4, -0.2) is 49.0 Å². The first-order chi connectivity index (χ1) is 7.26. The van der Waals surface area contributed by atoms with Gasteiger partial charge < -0.3 is 0 Å². The van der Waals surface area contributed by atoms with E-state index in [2.05, 4.69) is 0 Å². The lowest BCUT2D eigenvalue weighted by Crippen LogP contribution is -2.50. The summed E-state index contributed by atoms with van der Waals surface area (Å²) in [6, 6.07) is -0.0714. The van der Waals surface area contributed by atoms with Crippen molar-refractivity contribution < 1.29 is 13.2 Å². The molecule has 16 heavy (non-hydrogen) atoms. The van der Waals surface area contributed by atoms with E-state index in [-0.39, 0.29) is 17.7 Å². The summed E-state index contributed by atoms with van der Waals surface area (Å²) in [5, 5.41) is 0. The van der Waals surface area contributed by atoms with E-state index in [4.69, 9.17) is 0 Å². The number of carbonyl (C=O) groups is 1. The minimum atomic E-state index is -3.40. The molecule has 1 aliphatic rings. The Morgan fingerprint density at radius 1 is 1.44 bits per heavy atom. The Balaban J connectivity index is 2.82. The van der Waals surface area contributed by atoms with Gasteiger partial charge in [0.1, 0.15) is 5.78 Å². The van der Waals surface area contributed by atoms with Gasteiger partial charge in [0.2, 0.25) is 0 Å². The summed E-state index contributed by atoms with van der Waals surface area (Å²) < 4.78 is 27.0. The second-order valence-corrected chi connectivity index (χ2v) is 6.58. The second kappa shape index (κ2) is 4.81. The molecule has 0 radical (unpaired) electrons. The van der Waals surface area contributed by atoms with Crippen LogP contribution in [-0.2, 0) is 15.0 Å². The number of ketones is 1. The molecule has 1 atom stereocenters. The van der Waals surface area contributed by atoms with Gasteiger partial charge in [-0.25, -0.2) is 0 Å². The van der Waals surface area contributed by atoms with Crippen LogP contribution in [0.4, 0.5) is 0 Å². The van der Waals surface area contributed by atoms with Crippen molar-refractivity contribution in [2.45, 2.75) is 33.2 Å².